The zero-order chi connectivity index (χ0) is 20.6. The van der Waals surface area contributed by atoms with Crippen molar-refractivity contribution in [1.29, 1.82) is 5.26 Å². The van der Waals surface area contributed by atoms with Crippen molar-refractivity contribution in [3.05, 3.63) is 65.9 Å². The Morgan fingerprint density at radius 1 is 1.14 bits per heavy atom. The number of hydrogen-bond donors (Lipinski definition) is 0. The second-order valence-corrected chi connectivity index (χ2v) is 8.12. The van der Waals surface area contributed by atoms with E-state index in [1.54, 1.807) is 30.3 Å². The molecule has 5 nitrogen and oxygen atoms in total. The quantitative estimate of drug-likeness (QED) is 0.438. The molecule has 28 heavy (non-hydrogen) atoms. The topological polar surface area (TPSA) is 68.6 Å². The normalized spacial score (nSPS) is 25.3. The Bertz CT molecular complexity index is 866. The fourth-order valence-corrected chi connectivity index (χ4v) is 3.22. The number of carbonyl (C=O) groups is 1. The molecule has 1 heterocycles. The number of rotatable bonds is 5. The van der Waals surface area contributed by atoms with E-state index in [0.717, 1.165) is 6.29 Å². The van der Waals surface area contributed by atoms with E-state index in [1.165, 1.54) is 0 Å². The summed E-state index contributed by atoms with van der Waals surface area (Å²) in [5.74, 6) is 1.22. The predicted octanol–water partition coefficient (Wildman–Crippen LogP) is 4.15. The molecule has 6 heteroatoms. The molecule has 144 valence electrons. The van der Waals surface area contributed by atoms with E-state index >= 15 is 0 Å². The number of carbonyl (C=O) groups excluding carboxylic acids is 1. The summed E-state index contributed by atoms with van der Waals surface area (Å²) < 4.78 is 18.2. The van der Waals surface area contributed by atoms with Crippen molar-refractivity contribution in [2.24, 2.45) is 5.41 Å². The number of hydrogen-bond acceptors (Lipinski definition) is 5. The molecule has 1 fully saturated rings. The Morgan fingerprint density at radius 2 is 1.75 bits per heavy atom. The van der Waals surface area contributed by atoms with Crippen LogP contribution >= 0.6 is 0 Å². The van der Waals surface area contributed by atoms with Crippen molar-refractivity contribution in [2.45, 2.75) is 45.3 Å². The van der Waals surface area contributed by atoms with E-state index in [-0.39, 0.29) is 0 Å². The summed E-state index contributed by atoms with van der Waals surface area (Å²) >= 11 is 0. The lowest BCUT2D eigenvalue weighted by Gasteiger charge is -2.32. The van der Waals surface area contributed by atoms with Gasteiger partial charge in [0.2, 0.25) is 0 Å². The van der Waals surface area contributed by atoms with Crippen LogP contribution in [-0.2, 0) is 14.1 Å². The van der Waals surface area contributed by atoms with Crippen molar-refractivity contribution in [3.8, 4) is 11.8 Å². The molecule has 0 spiro atoms. The Labute approximate surface area is 166 Å². The summed E-state index contributed by atoms with van der Waals surface area (Å²) in [6.07, 6.45) is 6.44. The highest BCUT2D eigenvalue weighted by molar-refractivity contribution is 6.55. The first kappa shape index (κ1) is 20.1. The molecule has 1 saturated heterocycles. The molecule has 1 atom stereocenters. The Morgan fingerprint density at radius 3 is 2.25 bits per heavy atom. The first-order valence-electron chi connectivity index (χ1n) is 9.21. The predicted molar refractivity (Wildman–Crippen MR) is 107 cm³/mol. The van der Waals surface area contributed by atoms with E-state index in [9.17, 15) is 4.79 Å². The van der Waals surface area contributed by atoms with Crippen LogP contribution in [0.5, 0.6) is 5.75 Å². The van der Waals surface area contributed by atoms with E-state index < -0.39 is 23.7 Å². The largest absolute Gasteiger partial charge is 0.491 e. The molecule has 1 aromatic carbocycles. The van der Waals surface area contributed by atoms with Crippen LogP contribution in [0.25, 0.3) is 0 Å². The maximum absolute atomic E-state index is 12.1. The number of aldehydes is 1. The van der Waals surface area contributed by atoms with Gasteiger partial charge in [-0.15, -0.1) is 6.58 Å². The molecule has 1 unspecified atom stereocenters. The lowest BCUT2D eigenvalue weighted by atomic mass is 9.59. The molecule has 1 aliphatic heterocycles. The molecule has 1 aliphatic carbocycles. The van der Waals surface area contributed by atoms with Crippen LogP contribution in [-0.4, -0.2) is 24.6 Å². The molecular formula is C22H24BNO4. The van der Waals surface area contributed by atoms with Crippen molar-refractivity contribution in [2.75, 3.05) is 0 Å². The van der Waals surface area contributed by atoms with E-state index in [2.05, 4.69) is 12.6 Å². The smallest absolute Gasteiger partial charge is 0.462 e. The number of ether oxygens (including phenoxy) is 1. The summed E-state index contributed by atoms with van der Waals surface area (Å²) in [6, 6.07) is 8.89. The lowest BCUT2D eigenvalue weighted by molar-refractivity contribution is -0.112. The van der Waals surface area contributed by atoms with Gasteiger partial charge >= 0.3 is 7.12 Å². The van der Waals surface area contributed by atoms with Gasteiger partial charge in [0.15, 0.2) is 0 Å². The van der Waals surface area contributed by atoms with Gasteiger partial charge in [0.1, 0.15) is 17.8 Å². The molecule has 2 aliphatic rings. The van der Waals surface area contributed by atoms with Crippen LogP contribution in [0, 0.1) is 16.7 Å². The minimum absolute atomic E-state index is 0.315. The van der Waals surface area contributed by atoms with Gasteiger partial charge < -0.3 is 18.8 Å². The van der Waals surface area contributed by atoms with Gasteiger partial charge in [0.25, 0.3) is 0 Å². The third-order valence-electron chi connectivity index (χ3n) is 5.77. The third-order valence-corrected chi connectivity index (χ3v) is 5.77. The number of benzene rings is 1. The first-order valence-corrected chi connectivity index (χ1v) is 9.21. The monoisotopic (exact) mass is 377 g/mol. The van der Waals surface area contributed by atoms with Gasteiger partial charge in [-0.3, -0.25) is 0 Å². The van der Waals surface area contributed by atoms with Gasteiger partial charge in [-0.25, -0.2) is 0 Å². The molecule has 3 rings (SSSR count). The van der Waals surface area contributed by atoms with Crippen LogP contribution in [0.1, 0.15) is 39.7 Å². The van der Waals surface area contributed by atoms with Gasteiger partial charge in [-0.1, -0.05) is 12.2 Å². The van der Waals surface area contributed by atoms with Gasteiger partial charge in [-0.05, 0) is 63.5 Å². The highest BCUT2D eigenvalue weighted by atomic mass is 16.7. The summed E-state index contributed by atoms with van der Waals surface area (Å²) in [6.45, 7) is 11.8. The Kier molecular flexibility index (Phi) is 5.09. The fourth-order valence-electron chi connectivity index (χ4n) is 3.22. The van der Waals surface area contributed by atoms with Gasteiger partial charge in [-0.2, -0.15) is 5.26 Å². The molecule has 0 aromatic heterocycles. The average Bonchev–Trinajstić information content (AvgIpc) is 2.89. The molecule has 0 radical (unpaired) electrons. The maximum atomic E-state index is 12.1. The van der Waals surface area contributed by atoms with E-state index in [0.29, 0.717) is 29.0 Å². The minimum Gasteiger partial charge on any atom is -0.462 e. The maximum Gasteiger partial charge on any atom is 0.491 e. The molecule has 0 saturated carbocycles. The highest BCUT2D eigenvalue weighted by Crippen LogP contribution is 2.46. The standard InChI is InChI=1S/C22H24BNO4/c1-6-22(15-25)13-18(26-17-9-7-16(14-24)8-10-17)11-12-19(22)23-27-20(2,3)21(4,5)28-23/h6-12,15H,1,13H2,2-5H3. The zero-order valence-corrected chi connectivity index (χ0v) is 16.7. The van der Waals surface area contributed by atoms with Crippen LogP contribution in [0.2, 0.25) is 0 Å². The van der Waals surface area contributed by atoms with Crippen LogP contribution < -0.4 is 4.74 Å². The SMILES string of the molecule is C=CC1(C=O)CC(Oc2ccc(C#N)cc2)=CC=C1B1OC(C)(C)C(C)(C)O1. The van der Waals surface area contributed by atoms with Crippen molar-refractivity contribution >= 4 is 13.4 Å². The third kappa shape index (κ3) is 3.44. The number of nitriles is 1. The van der Waals surface area contributed by atoms with Gasteiger partial charge in [0, 0.05) is 6.42 Å². The molecule has 0 bridgehead atoms. The van der Waals surface area contributed by atoms with E-state index in [4.69, 9.17) is 19.3 Å². The number of nitrogens with zero attached hydrogens (tertiary/aromatic N) is 1. The summed E-state index contributed by atoms with van der Waals surface area (Å²) in [7, 11) is -0.638. The second-order valence-electron chi connectivity index (χ2n) is 8.12. The van der Waals surface area contributed by atoms with Crippen molar-refractivity contribution in [1.82, 2.24) is 0 Å². The summed E-state index contributed by atoms with van der Waals surface area (Å²) in [5.41, 5.74) is -0.712. The van der Waals surface area contributed by atoms with Crippen LogP contribution in [0.3, 0.4) is 0 Å². The Hall–Kier alpha value is -2.62. The highest BCUT2D eigenvalue weighted by Gasteiger charge is 2.56. The zero-order valence-electron chi connectivity index (χ0n) is 16.7. The second kappa shape index (κ2) is 7.08. The molecule has 0 N–H and O–H groups in total. The molecule has 0 amide bonds. The van der Waals surface area contributed by atoms with E-state index in [1.807, 2.05) is 39.8 Å². The minimum atomic E-state index is -0.974. The lowest BCUT2D eigenvalue weighted by Crippen LogP contribution is -2.41. The fraction of sp³-hybridized carbons (Fsp3) is 0.364. The van der Waals surface area contributed by atoms with Crippen LogP contribution in [0.15, 0.2) is 60.3 Å². The number of allylic oxidation sites excluding steroid dienone is 5. The average molecular weight is 377 g/mol. The Balaban J connectivity index is 1.90. The van der Waals surface area contributed by atoms with Crippen molar-refractivity contribution < 1.29 is 18.8 Å². The summed E-state index contributed by atoms with van der Waals surface area (Å²) in [4.78, 5) is 12.1. The van der Waals surface area contributed by atoms with Crippen LogP contribution in [0.4, 0.5) is 0 Å². The molecule has 1 aromatic rings. The first-order chi connectivity index (χ1) is 13.2. The summed E-state index contributed by atoms with van der Waals surface area (Å²) in [5, 5.41) is 8.91. The van der Waals surface area contributed by atoms with Gasteiger partial charge in [0.05, 0.1) is 28.2 Å². The molecular weight excluding hydrogens is 353 g/mol. The van der Waals surface area contributed by atoms with Crippen molar-refractivity contribution in [3.63, 3.8) is 0 Å².